The number of non-ortho nitro benzene ring substituents is 1. The Morgan fingerprint density at radius 3 is 2.36 bits per heavy atom. The maximum Gasteiger partial charge on any atom is 0.336 e. The number of nitro groups is 2. The van der Waals surface area contributed by atoms with Gasteiger partial charge < -0.3 is 9.84 Å². The van der Waals surface area contributed by atoms with Crippen LogP contribution in [0.15, 0.2) is 18.2 Å². The summed E-state index contributed by atoms with van der Waals surface area (Å²) in [5.41, 5.74) is 2.93. The Kier molecular flexibility index (Phi) is 3.85. The largest absolute Gasteiger partial charge is 0.479 e. The van der Waals surface area contributed by atoms with Crippen molar-refractivity contribution in [2.45, 2.75) is 12.2 Å². The zero-order chi connectivity index (χ0) is 16.4. The summed E-state index contributed by atoms with van der Waals surface area (Å²) in [5, 5.41) is 30.0. The third-order valence-electron chi connectivity index (χ3n) is 2.70. The zero-order valence-corrected chi connectivity index (χ0v) is 10.6. The van der Waals surface area contributed by atoms with E-state index in [0.717, 1.165) is 18.2 Å². The van der Waals surface area contributed by atoms with Gasteiger partial charge in [-0.1, -0.05) is 0 Å². The van der Waals surface area contributed by atoms with Crippen LogP contribution in [0.3, 0.4) is 0 Å². The van der Waals surface area contributed by atoms with E-state index in [0.29, 0.717) is 0 Å². The fourth-order valence-corrected chi connectivity index (χ4v) is 1.59. The molecule has 3 N–H and O–H groups in total. The number of ether oxygens (including phenoxy) is 1. The summed E-state index contributed by atoms with van der Waals surface area (Å²) in [6.45, 7) is 0. The average molecular weight is 312 g/mol. The number of nitrogens with one attached hydrogen (secondary N) is 2. The molecule has 0 spiro atoms. The second-order valence-corrected chi connectivity index (χ2v) is 4.15. The van der Waals surface area contributed by atoms with Crippen molar-refractivity contribution in [3.05, 3.63) is 38.4 Å². The Bertz CT molecular complexity index is 675. The van der Waals surface area contributed by atoms with Crippen molar-refractivity contribution in [1.82, 2.24) is 5.43 Å². The molecule has 116 valence electrons. The van der Waals surface area contributed by atoms with Crippen LogP contribution >= 0.6 is 0 Å². The number of carboxylic acid groups (broad SMARTS) is 1. The van der Waals surface area contributed by atoms with Crippen molar-refractivity contribution < 1.29 is 29.3 Å². The molecule has 0 aliphatic carbocycles. The van der Waals surface area contributed by atoms with Gasteiger partial charge in [-0.15, -0.1) is 0 Å². The normalized spacial score (nSPS) is 19.1. The second-order valence-electron chi connectivity index (χ2n) is 4.15. The van der Waals surface area contributed by atoms with Crippen LogP contribution in [0.1, 0.15) is 0 Å². The van der Waals surface area contributed by atoms with Gasteiger partial charge in [-0.2, -0.15) is 0 Å². The molecule has 1 amide bonds. The first-order valence-electron chi connectivity index (χ1n) is 5.68. The monoisotopic (exact) mass is 312 g/mol. The molecule has 2 rings (SSSR count). The molecule has 1 aromatic rings. The Morgan fingerprint density at radius 1 is 1.18 bits per heavy atom. The predicted octanol–water partition coefficient (Wildman–Crippen LogP) is -0.202. The van der Waals surface area contributed by atoms with E-state index in [1.165, 1.54) is 0 Å². The number of amides is 1. The minimum atomic E-state index is -1.30. The van der Waals surface area contributed by atoms with Crippen LogP contribution in [-0.4, -0.2) is 39.0 Å². The Hall–Kier alpha value is -3.28. The summed E-state index contributed by atoms with van der Waals surface area (Å²) in [6.07, 6.45) is -2.45. The maximum atomic E-state index is 11.5. The van der Waals surface area contributed by atoms with E-state index in [1.54, 1.807) is 0 Å². The Balaban J connectivity index is 2.07. The van der Waals surface area contributed by atoms with Crippen LogP contribution in [0.5, 0.6) is 0 Å². The summed E-state index contributed by atoms with van der Waals surface area (Å²) < 4.78 is 4.58. The zero-order valence-electron chi connectivity index (χ0n) is 10.6. The first-order chi connectivity index (χ1) is 10.3. The number of nitrogens with zero attached hydrogens (tertiary/aromatic N) is 2. The molecule has 1 fully saturated rings. The smallest absolute Gasteiger partial charge is 0.336 e. The molecule has 0 saturated carbocycles. The van der Waals surface area contributed by atoms with Crippen molar-refractivity contribution in [2.24, 2.45) is 0 Å². The lowest BCUT2D eigenvalue weighted by Crippen LogP contribution is -2.35. The van der Waals surface area contributed by atoms with Crippen molar-refractivity contribution in [3.63, 3.8) is 0 Å². The first-order valence-corrected chi connectivity index (χ1v) is 5.68. The van der Waals surface area contributed by atoms with Gasteiger partial charge in [-0.05, 0) is 6.07 Å². The van der Waals surface area contributed by atoms with Crippen LogP contribution in [0.4, 0.5) is 17.1 Å². The molecule has 1 heterocycles. The van der Waals surface area contributed by atoms with Gasteiger partial charge in [-0.3, -0.25) is 35.9 Å². The highest BCUT2D eigenvalue weighted by Crippen LogP contribution is 2.28. The van der Waals surface area contributed by atoms with Crippen LogP contribution in [-0.2, 0) is 14.3 Å². The average Bonchev–Trinajstić information content (AvgIpc) is 3.24. The number of anilines is 1. The van der Waals surface area contributed by atoms with E-state index in [9.17, 15) is 29.8 Å². The van der Waals surface area contributed by atoms with Crippen LogP contribution in [0, 0.1) is 20.2 Å². The first kappa shape index (κ1) is 15.1. The van der Waals surface area contributed by atoms with Crippen molar-refractivity contribution in [3.8, 4) is 0 Å². The molecule has 22 heavy (non-hydrogen) atoms. The minimum Gasteiger partial charge on any atom is -0.479 e. The van der Waals surface area contributed by atoms with E-state index in [4.69, 9.17) is 5.11 Å². The Morgan fingerprint density at radius 2 is 1.86 bits per heavy atom. The third-order valence-corrected chi connectivity index (χ3v) is 2.70. The molecule has 0 bridgehead atoms. The number of benzene rings is 1. The standard InChI is InChI=1S/C10H8N4O8/c15-9(7-8(22-7)10(16)17)12-11-5-2-1-4(13(18)19)3-6(5)14(20)21/h1-3,7-8,11H,(H,12,15)(H,16,17). The lowest BCUT2D eigenvalue weighted by atomic mass is 10.2. The molecule has 1 aromatic carbocycles. The molecule has 12 nitrogen and oxygen atoms in total. The van der Waals surface area contributed by atoms with E-state index in [2.05, 4.69) is 10.2 Å². The number of nitro benzene ring substituents is 2. The summed E-state index contributed by atoms with van der Waals surface area (Å²) in [4.78, 5) is 41.8. The predicted molar refractivity (Wildman–Crippen MR) is 67.8 cm³/mol. The van der Waals surface area contributed by atoms with E-state index in [1.807, 2.05) is 5.43 Å². The molecular weight excluding hydrogens is 304 g/mol. The summed E-state index contributed by atoms with van der Waals surface area (Å²) >= 11 is 0. The molecule has 1 aliphatic rings. The highest BCUT2D eigenvalue weighted by atomic mass is 16.6. The van der Waals surface area contributed by atoms with Gasteiger partial charge in [-0.25, -0.2) is 4.79 Å². The molecule has 1 saturated heterocycles. The van der Waals surface area contributed by atoms with Gasteiger partial charge in [0.25, 0.3) is 11.6 Å². The van der Waals surface area contributed by atoms with Crippen LogP contribution in [0.2, 0.25) is 0 Å². The number of hydrogen-bond acceptors (Lipinski definition) is 8. The number of carbonyl (C=O) groups is 2. The maximum absolute atomic E-state index is 11.5. The van der Waals surface area contributed by atoms with Gasteiger partial charge >= 0.3 is 11.7 Å². The Labute approximate surface area is 120 Å². The minimum absolute atomic E-state index is 0.198. The van der Waals surface area contributed by atoms with Crippen LogP contribution < -0.4 is 10.9 Å². The van der Waals surface area contributed by atoms with Gasteiger partial charge in [0.1, 0.15) is 5.69 Å². The summed E-state index contributed by atoms with van der Waals surface area (Å²) in [7, 11) is 0. The van der Waals surface area contributed by atoms with Gasteiger partial charge in [0.15, 0.2) is 12.2 Å². The molecule has 0 aromatic heterocycles. The second kappa shape index (κ2) is 5.61. The quantitative estimate of drug-likeness (QED) is 0.364. The number of rotatable bonds is 6. The number of hydrogen-bond donors (Lipinski definition) is 3. The topological polar surface area (TPSA) is 177 Å². The van der Waals surface area contributed by atoms with Crippen molar-refractivity contribution in [2.75, 3.05) is 5.43 Å². The SMILES string of the molecule is O=C(O)C1OC1C(=O)NNc1ccc([N+](=O)[O-])cc1[N+](=O)[O-]. The number of aliphatic carboxylic acids is 1. The number of hydrazine groups is 1. The van der Waals surface area contributed by atoms with E-state index >= 15 is 0 Å². The van der Waals surface area contributed by atoms with Gasteiger partial charge in [0, 0.05) is 6.07 Å². The summed E-state index contributed by atoms with van der Waals surface area (Å²) in [6, 6.07) is 2.77. The van der Waals surface area contributed by atoms with Gasteiger partial charge in [0.05, 0.1) is 15.9 Å². The number of carboxylic acids is 1. The molecule has 1 aliphatic heterocycles. The lowest BCUT2D eigenvalue weighted by Gasteiger charge is -2.07. The third kappa shape index (κ3) is 3.06. The fraction of sp³-hybridized carbons (Fsp3) is 0.200. The van der Waals surface area contributed by atoms with E-state index in [-0.39, 0.29) is 5.69 Å². The van der Waals surface area contributed by atoms with Gasteiger partial charge in [0.2, 0.25) is 0 Å². The number of carbonyl (C=O) groups excluding carboxylic acids is 1. The van der Waals surface area contributed by atoms with Crippen LogP contribution in [0.25, 0.3) is 0 Å². The molecule has 12 heteroatoms. The highest BCUT2D eigenvalue weighted by Gasteiger charge is 2.50. The fourth-order valence-electron chi connectivity index (χ4n) is 1.59. The van der Waals surface area contributed by atoms with Crippen molar-refractivity contribution >= 4 is 28.9 Å². The molecule has 2 atom stereocenters. The molecular formula is C10H8N4O8. The highest BCUT2D eigenvalue weighted by molar-refractivity contribution is 5.92. The summed E-state index contributed by atoms with van der Waals surface area (Å²) in [5.74, 6) is -2.14. The number of epoxide rings is 1. The van der Waals surface area contributed by atoms with Crippen molar-refractivity contribution in [1.29, 1.82) is 0 Å². The molecule has 0 radical (unpaired) electrons. The van der Waals surface area contributed by atoms with E-state index < -0.39 is 45.3 Å². The molecule has 2 unspecified atom stereocenters. The lowest BCUT2D eigenvalue weighted by molar-refractivity contribution is -0.393.